The summed E-state index contributed by atoms with van der Waals surface area (Å²) in [4.78, 5) is 33.6. The van der Waals surface area contributed by atoms with Crippen molar-refractivity contribution in [3.05, 3.63) is 52.3 Å². The van der Waals surface area contributed by atoms with Crippen molar-refractivity contribution in [3.8, 4) is 11.4 Å². The van der Waals surface area contributed by atoms with Gasteiger partial charge >= 0.3 is 0 Å². The summed E-state index contributed by atoms with van der Waals surface area (Å²) in [5.41, 5.74) is 3.24. The summed E-state index contributed by atoms with van der Waals surface area (Å²) in [6.45, 7) is 4.79. The number of piperazine rings is 1. The molecule has 1 saturated carbocycles. The Balaban J connectivity index is 1.12. The van der Waals surface area contributed by atoms with Crippen LogP contribution in [0.2, 0.25) is 0 Å². The van der Waals surface area contributed by atoms with Crippen molar-refractivity contribution in [1.82, 2.24) is 34.4 Å². The number of rotatable bonds is 4. The monoisotopic (exact) mass is 537 g/mol. The van der Waals surface area contributed by atoms with Crippen molar-refractivity contribution in [1.29, 1.82) is 0 Å². The topological polar surface area (TPSA) is 94.8 Å². The molecule has 3 aliphatic rings. The average Bonchev–Trinajstić information content (AvgIpc) is 3.31. The smallest absolute Gasteiger partial charge is 0.256 e. The number of nitrogens with one attached hydrogen (secondary N) is 1. The lowest BCUT2D eigenvalue weighted by Gasteiger charge is -2.45. The van der Waals surface area contributed by atoms with Crippen LogP contribution in [-0.4, -0.2) is 85.1 Å². The zero-order valence-electron chi connectivity index (χ0n) is 21.0. The molecule has 6 rings (SSSR count). The Morgan fingerprint density at radius 3 is 2.73 bits per heavy atom. The molecule has 0 radical (unpaired) electrons. The highest BCUT2D eigenvalue weighted by Gasteiger charge is 2.54. The fourth-order valence-corrected chi connectivity index (χ4v) is 6.02. The summed E-state index contributed by atoms with van der Waals surface area (Å²) in [7, 11) is 3.91. The maximum atomic E-state index is 13.5. The van der Waals surface area contributed by atoms with Gasteiger partial charge in [0.05, 0.1) is 34.1 Å². The molecule has 0 unspecified atom stereocenters. The minimum Gasteiger partial charge on any atom is -0.340 e. The second-order valence-corrected chi connectivity index (χ2v) is 11.2. The zero-order chi connectivity index (χ0) is 25.7. The molecule has 3 aromatic heterocycles. The number of nitrogens with zero attached hydrogens (tertiary/aromatic N) is 8. The summed E-state index contributed by atoms with van der Waals surface area (Å²) in [6.07, 6.45) is 5.37. The minimum atomic E-state index is -0.137. The number of aryl methyl sites for hydroxylation is 2. The third kappa shape index (κ3) is 4.57. The van der Waals surface area contributed by atoms with Crippen LogP contribution in [-0.2, 0) is 7.05 Å². The van der Waals surface area contributed by atoms with E-state index in [9.17, 15) is 4.79 Å². The molecule has 1 amide bonds. The van der Waals surface area contributed by atoms with Crippen molar-refractivity contribution in [2.45, 2.75) is 25.3 Å². The second-order valence-electron chi connectivity index (χ2n) is 9.85. The molecule has 2 fully saturated rings. The largest absolute Gasteiger partial charge is 0.340 e. The quantitative estimate of drug-likeness (QED) is 0.542. The SMILES string of the molecule is Cc1cc(-c2csc(Nc3ccc(C(=O)N4CCN(C5=NC=C(Cl)CN5C)CC45CC5)cn3)n2)n(C)n1. The zero-order valence-corrected chi connectivity index (χ0v) is 22.6. The van der Waals surface area contributed by atoms with Crippen molar-refractivity contribution in [2.75, 3.05) is 38.5 Å². The predicted octanol–water partition coefficient (Wildman–Crippen LogP) is 3.66. The van der Waals surface area contributed by atoms with Gasteiger partial charge in [-0.3, -0.25) is 9.48 Å². The Morgan fingerprint density at radius 2 is 2.05 bits per heavy atom. The standard InChI is InChI=1S/C25H28ClN9OS/c1-16-10-20(33(3)31-16)19-14-37-23(29-19)30-21-5-4-17(11-27-21)22(36)35-9-8-34(15-25(35)6-7-25)24-28-12-18(26)13-32(24)2/h4-5,10-12,14H,6-9,13,15H2,1-3H3,(H,27,29,30). The van der Waals surface area contributed by atoms with Crippen LogP contribution < -0.4 is 5.32 Å². The van der Waals surface area contributed by atoms with Gasteiger partial charge < -0.3 is 20.0 Å². The Kier molecular flexibility index (Phi) is 5.91. The van der Waals surface area contributed by atoms with E-state index in [0.717, 1.165) is 59.1 Å². The van der Waals surface area contributed by atoms with Crippen LogP contribution in [0.25, 0.3) is 11.4 Å². The molecule has 37 heavy (non-hydrogen) atoms. The number of halogens is 1. The maximum absolute atomic E-state index is 13.5. The highest BCUT2D eigenvalue weighted by Crippen LogP contribution is 2.45. The van der Waals surface area contributed by atoms with Gasteiger partial charge in [0, 0.05) is 51.5 Å². The molecule has 1 N–H and O–H groups in total. The number of pyridine rings is 1. The van der Waals surface area contributed by atoms with Crippen molar-refractivity contribution < 1.29 is 4.79 Å². The van der Waals surface area contributed by atoms with Crippen molar-refractivity contribution in [2.24, 2.45) is 12.0 Å². The van der Waals surface area contributed by atoms with Crippen molar-refractivity contribution in [3.63, 3.8) is 0 Å². The van der Waals surface area contributed by atoms with E-state index in [2.05, 4.69) is 35.2 Å². The molecule has 192 valence electrons. The Morgan fingerprint density at radius 1 is 1.22 bits per heavy atom. The van der Waals surface area contributed by atoms with Crippen molar-refractivity contribution >= 4 is 45.8 Å². The summed E-state index contributed by atoms with van der Waals surface area (Å²) in [5.74, 6) is 1.60. The van der Waals surface area contributed by atoms with Crippen LogP contribution in [0.15, 0.2) is 46.0 Å². The third-order valence-corrected chi connectivity index (χ3v) is 8.05. The molecule has 0 aromatic carbocycles. The van der Waals surface area contributed by atoms with Gasteiger partial charge in [0.15, 0.2) is 5.13 Å². The highest BCUT2D eigenvalue weighted by molar-refractivity contribution is 7.14. The Bertz CT molecular complexity index is 1410. The lowest BCUT2D eigenvalue weighted by molar-refractivity contribution is 0.0487. The van der Waals surface area contributed by atoms with Crippen LogP contribution in [0.5, 0.6) is 0 Å². The summed E-state index contributed by atoms with van der Waals surface area (Å²) >= 11 is 7.63. The summed E-state index contributed by atoms with van der Waals surface area (Å²) in [5, 5.41) is 11.1. The van der Waals surface area contributed by atoms with Crippen LogP contribution in [0.1, 0.15) is 28.9 Å². The fraction of sp³-hybridized carbons (Fsp3) is 0.400. The number of amides is 1. The molecular weight excluding hydrogens is 510 g/mol. The van der Waals surface area contributed by atoms with E-state index >= 15 is 0 Å². The molecule has 1 saturated heterocycles. The number of carbonyl (C=O) groups is 1. The first kappa shape index (κ1) is 23.9. The number of likely N-dealkylation sites (N-methyl/N-ethyl adjacent to an activating group) is 1. The molecule has 3 aromatic rings. The Labute approximate surface area is 224 Å². The number of anilines is 2. The lowest BCUT2D eigenvalue weighted by atomic mass is 10.1. The van der Waals surface area contributed by atoms with E-state index in [-0.39, 0.29) is 11.4 Å². The number of aromatic nitrogens is 4. The fourth-order valence-electron chi connectivity index (χ4n) is 5.08. The molecule has 0 atom stereocenters. The van der Waals surface area contributed by atoms with E-state index in [1.807, 2.05) is 54.2 Å². The molecule has 1 aliphatic carbocycles. The van der Waals surface area contributed by atoms with Gasteiger partial charge in [0.1, 0.15) is 11.5 Å². The molecule has 0 bridgehead atoms. The van der Waals surface area contributed by atoms with Gasteiger partial charge in [-0.15, -0.1) is 11.3 Å². The Hall–Kier alpha value is -3.44. The first-order chi connectivity index (χ1) is 17.8. The highest BCUT2D eigenvalue weighted by atomic mass is 35.5. The van der Waals surface area contributed by atoms with E-state index in [1.54, 1.807) is 12.4 Å². The van der Waals surface area contributed by atoms with Gasteiger partial charge in [0.25, 0.3) is 5.91 Å². The van der Waals surface area contributed by atoms with E-state index in [1.165, 1.54) is 11.3 Å². The number of hydrogen-bond donors (Lipinski definition) is 1. The molecule has 5 heterocycles. The molecule has 1 spiro atoms. The number of thiazole rings is 1. The number of guanidine groups is 1. The first-order valence-corrected chi connectivity index (χ1v) is 13.5. The second kappa shape index (κ2) is 9.14. The molecule has 10 nitrogen and oxygen atoms in total. The molecule has 12 heteroatoms. The lowest BCUT2D eigenvalue weighted by Crippen LogP contribution is -2.60. The predicted molar refractivity (Wildman–Crippen MR) is 145 cm³/mol. The van der Waals surface area contributed by atoms with Gasteiger partial charge in [-0.1, -0.05) is 11.6 Å². The van der Waals surface area contributed by atoms with E-state index < -0.39 is 0 Å². The molecule has 2 aliphatic heterocycles. The minimum absolute atomic E-state index is 0.0289. The summed E-state index contributed by atoms with van der Waals surface area (Å²) < 4.78 is 1.83. The van der Waals surface area contributed by atoms with Gasteiger partial charge in [-0.25, -0.2) is 15.0 Å². The normalized spacial score (nSPS) is 18.6. The first-order valence-electron chi connectivity index (χ1n) is 12.2. The van der Waals surface area contributed by atoms with Crippen LogP contribution in [0.4, 0.5) is 10.9 Å². The summed E-state index contributed by atoms with van der Waals surface area (Å²) in [6, 6.07) is 5.68. The van der Waals surface area contributed by atoms with E-state index in [0.29, 0.717) is 24.5 Å². The van der Waals surface area contributed by atoms with Gasteiger partial charge in [-0.05, 0) is 38.0 Å². The number of aliphatic imine (C=N–C) groups is 1. The van der Waals surface area contributed by atoms with Crippen LogP contribution in [0.3, 0.4) is 0 Å². The third-order valence-electron chi connectivity index (χ3n) is 7.07. The maximum Gasteiger partial charge on any atom is 0.256 e. The average molecular weight is 538 g/mol. The van der Waals surface area contributed by atoms with Gasteiger partial charge in [0.2, 0.25) is 5.96 Å². The number of hydrogen-bond acceptors (Lipinski definition) is 9. The van der Waals surface area contributed by atoms with E-state index in [4.69, 9.17) is 11.6 Å². The van der Waals surface area contributed by atoms with Gasteiger partial charge in [-0.2, -0.15) is 5.10 Å². The van der Waals surface area contributed by atoms with Crippen LogP contribution in [0, 0.1) is 6.92 Å². The number of carbonyl (C=O) groups excluding carboxylic acids is 1. The van der Waals surface area contributed by atoms with Crippen LogP contribution >= 0.6 is 22.9 Å². The molecular formula is C25H28ClN9OS.